The highest BCUT2D eigenvalue weighted by molar-refractivity contribution is 5.97. The molecule has 0 radical (unpaired) electrons. The third kappa shape index (κ3) is 2.89. The zero-order chi connectivity index (χ0) is 12.1. The Kier molecular flexibility index (Phi) is 4.18. The Morgan fingerprint density at radius 1 is 1.69 bits per heavy atom. The number of nitrogens with one attached hydrogen (secondary N) is 1. The topological polar surface area (TPSA) is 93.2 Å². The molecule has 0 aliphatic heterocycles. The van der Waals surface area contributed by atoms with Crippen LogP contribution < -0.4 is 11.1 Å². The van der Waals surface area contributed by atoms with Gasteiger partial charge in [-0.05, 0) is 0 Å². The number of hydrogen-bond acceptors (Lipinski definition) is 4. The Bertz CT molecular complexity index is 367. The van der Waals surface area contributed by atoms with E-state index < -0.39 is 18.9 Å². The van der Waals surface area contributed by atoms with Crippen LogP contribution in [0.1, 0.15) is 10.5 Å². The Balaban J connectivity index is 2.84. The number of nitrogens with zero attached hydrogens (tertiary/aromatic N) is 2. The molecule has 0 bridgehead atoms. The number of alkyl halides is 2. The summed E-state index contributed by atoms with van der Waals surface area (Å²) >= 11 is 0. The van der Waals surface area contributed by atoms with Gasteiger partial charge in [-0.2, -0.15) is 5.10 Å². The van der Waals surface area contributed by atoms with Gasteiger partial charge in [-0.3, -0.25) is 9.48 Å². The van der Waals surface area contributed by atoms with Crippen LogP contribution in [0, 0.1) is 0 Å². The molecule has 16 heavy (non-hydrogen) atoms. The first-order valence-electron chi connectivity index (χ1n) is 4.54. The van der Waals surface area contributed by atoms with Crippen molar-refractivity contribution < 1.29 is 18.7 Å². The number of amides is 1. The number of aliphatic hydroxyl groups is 1. The van der Waals surface area contributed by atoms with Crippen molar-refractivity contribution in [3.05, 3.63) is 11.9 Å². The Labute approximate surface area is 90.0 Å². The molecule has 0 aliphatic carbocycles. The van der Waals surface area contributed by atoms with E-state index in [0.717, 1.165) is 10.9 Å². The van der Waals surface area contributed by atoms with Crippen molar-refractivity contribution in [1.29, 1.82) is 0 Å². The molecule has 0 unspecified atom stereocenters. The molecule has 0 saturated carbocycles. The molecule has 0 saturated heterocycles. The standard InChI is InChI=1S/C8H12F2N4O2/c9-6(10)4-14-7(5(11)3-13-14)8(16)12-1-2-15/h3,6,15H,1-2,4,11H2,(H,12,16). The highest BCUT2D eigenvalue weighted by atomic mass is 19.3. The number of aliphatic hydroxyl groups excluding tert-OH is 1. The van der Waals surface area contributed by atoms with Gasteiger partial charge in [-0.25, -0.2) is 8.78 Å². The maximum absolute atomic E-state index is 12.2. The SMILES string of the molecule is Nc1cnn(CC(F)F)c1C(=O)NCCO. The van der Waals surface area contributed by atoms with E-state index in [0.29, 0.717) is 0 Å². The van der Waals surface area contributed by atoms with Crippen LogP contribution in [0.25, 0.3) is 0 Å². The second-order valence-electron chi connectivity index (χ2n) is 3.00. The van der Waals surface area contributed by atoms with Gasteiger partial charge in [-0.15, -0.1) is 0 Å². The summed E-state index contributed by atoms with van der Waals surface area (Å²) in [5.74, 6) is -0.635. The largest absolute Gasteiger partial charge is 0.396 e. The minimum Gasteiger partial charge on any atom is -0.396 e. The number of rotatable bonds is 5. The lowest BCUT2D eigenvalue weighted by molar-refractivity contribution is 0.0916. The molecular formula is C8H12F2N4O2. The van der Waals surface area contributed by atoms with Crippen molar-refractivity contribution in [2.75, 3.05) is 18.9 Å². The van der Waals surface area contributed by atoms with E-state index in [1.807, 2.05) is 0 Å². The van der Waals surface area contributed by atoms with E-state index in [1.165, 1.54) is 0 Å². The van der Waals surface area contributed by atoms with Crippen LogP contribution >= 0.6 is 0 Å². The van der Waals surface area contributed by atoms with Crippen molar-refractivity contribution in [2.24, 2.45) is 0 Å². The molecule has 0 aliphatic rings. The van der Waals surface area contributed by atoms with Crippen molar-refractivity contribution in [3.63, 3.8) is 0 Å². The molecule has 1 rings (SSSR count). The third-order valence-corrected chi connectivity index (χ3v) is 1.79. The van der Waals surface area contributed by atoms with Crippen LogP contribution in [0.2, 0.25) is 0 Å². The Hall–Kier alpha value is -1.70. The van der Waals surface area contributed by atoms with E-state index in [-0.39, 0.29) is 24.5 Å². The lowest BCUT2D eigenvalue weighted by Gasteiger charge is -2.07. The quantitative estimate of drug-likeness (QED) is 0.637. The van der Waals surface area contributed by atoms with Crippen molar-refractivity contribution in [2.45, 2.75) is 13.0 Å². The number of anilines is 1. The molecule has 6 nitrogen and oxygen atoms in total. The van der Waals surface area contributed by atoms with Crippen LogP contribution in [0.4, 0.5) is 14.5 Å². The first-order chi connectivity index (χ1) is 7.56. The Morgan fingerprint density at radius 2 is 2.38 bits per heavy atom. The summed E-state index contributed by atoms with van der Waals surface area (Å²) < 4.78 is 25.1. The number of carbonyl (C=O) groups excluding carboxylic acids is 1. The lowest BCUT2D eigenvalue weighted by atomic mass is 10.3. The van der Waals surface area contributed by atoms with Gasteiger partial charge in [0.25, 0.3) is 12.3 Å². The summed E-state index contributed by atoms with van der Waals surface area (Å²) in [6, 6.07) is 0. The minimum atomic E-state index is -2.62. The molecule has 0 atom stereocenters. The molecule has 1 heterocycles. The Morgan fingerprint density at radius 3 is 2.94 bits per heavy atom. The highest BCUT2D eigenvalue weighted by Gasteiger charge is 2.18. The molecular weight excluding hydrogens is 222 g/mol. The minimum absolute atomic E-state index is 0.0242. The summed E-state index contributed by atoms with van der Waals surface area (Å²) in [6.45, 7) is -0.911. The number of carbonyl (C=O) groups is 1. The summed E-state index contributed by atoms with van der Waals surface area (Å²) in [5.41, 5.74) is 5.35. The summed E-state index contributed by atoms with van der Waals surface area (Å²) in [4.78, 5) is 11.5. The second kappa shape index (κ2) is 5.40. The first-order valence-corrected chi connectivity index (χ1v) is 4.54. The predicted molar refractivity (Wildman–Crippen MR) is 52.1 cm³/mol. The van der Waals surface area contributed by atoms with E-state index in [4.69, 9.17) is 10.8 Å². The number of aromatic nitrogens is 2. The van der Waals surface area contributed by atoms with Gasteiger partial charge in [-0.1, -0.05) is 0 Å². The number of nitrogens with two attached hydrogens (primary N) is 1. The number of halogens is 2. The average molecular weight is 234 g/mol. The normalized spacial score (nSPS) is 10.8. The van der Waals surface area contributed by atoms with Gasteiger partial charge in [0.15, 0.2) is 0 Å². The first kappa shape index (κ1) is 12.4. The molecule has 90 valence electrons. The molecule has 4 N–H and O–H groups in total. The smallest absolute Gasteiger partial charge is 0.271 e. The van der Waals surface area contributed by atoms with Crippen LogP contribution in [0.3, 0.4) is 0 Å². The molecule has 1 aromatic heterocycles. The van der Waals surface area contributed by atoms with E-state index in [1.54, 1.807) is 0 Å². The van der Waals surface area contributed by atoms with Gasteiger partial charge >= 0.3 is 0 Å². The molecule has 1 amide bonds. The summed E-state index contributed by atoms with van der Waals surface area (Å²) in [7, 11) is 0. The second-order valence-corrected chi connectivity index (χ2v) is 3.00. The molecule has 0 fully saturated rings. The zero-order valence-corrected chi connectivity index (χ0v) is 8.36. The van der Waals surface area contributed by atoms with Crippen molar-refractivity contribution in [1.82, 2.24) is 15.1 Å². The average Bonchev–Trinajstić information content (AvgIpc) is 2.55. The van der Waals surface area contributed by atoms with Crippen molar-refractivity contribution >= 4 is 11.6 Å². The van der Waals surface area contributed by atoms with Gasteiger partial charge in [0.05, 0.1) is 18.5 Å². The molecule has 0 spiro atoms. The fourth-order valence-corrected chi connectivity index (χ4v) is 1.17. The number of hydrogen-bond donors (Lipinski definition) is 3. The van der Waals surface area contributed by atoms with Crippen LogP contribution in [0.5, 0.6) is 0 Å². The zero-order valence-electron chi connectivity index (χ0n) is 8.36. The van der Waals surface area contributed by atoms with Crippen molar-refractivity contribution in [3.8, 4) is 0 Å². The monoisotopic (exact) mass is 234 g/mol. The fraction of sp³-hybridized carbons (Fsp3) is 0.500. The number of nitrogen functional groups attached to an aromatic ring is 1. The summed E-state index contributed by atoms with van der Waals surface area (Å²) in [5, 5.41) is 14.4. The van der Waals surface area contributed by atoms with Crippen LogP contribution in [-0.4, -0.2) is 40.4 Å². The molecule has 1 aromatic rings. The highest BCUT2D eigenvalue weighted by Crippen LogP contribution is 2.12. The van der Waals surface area contributed by atoms with Gasteiger partial charge in [0, 0.05) is 6.54 Å². The van der Waals surface area contributed by atoms with Crippen LogP contribution in [-0.2, 0) is 6.54 Å². The van der Waals surface area contributed by atoms with Gasteiger partial charge < -0.3 is 16.2 Å². The maximum atomic E-state index is 12.2. The van der Waals surface area contributed by atoms with E-state index in [2.05, 4.69) is 10.4 Å². The fourth-order valence-electron chi connectivity index (χ4n) is 1.17. The van der Waals surface area contributed by atoms with E-state index >= 15 is 0 Å². The lowest BCUT2D eigenvalue weighted by Crippen LogP contribution is -2.30. The molecule has 0 aromatic carbocycles. The third-order valence-electron chi connectivity index (χ3n) is 1.79. The van der Waals surface area contributed by atoms with Crippen LogP contribution in [0.15, 0.2) is 6.20 Å². The van der Waals surface area contributed by atoms with Gasteiger partial charge in [0.1, 0.15) is 12.2 Å². The molecule has 8 heteroatoms. The summed E-state index contributed by atoms with van der Waals surface area (Å²) in [6.07, 6.45) is -1.49. The van der Waals surface area contributed by atoms with E-state index in [9.17, 15) is 13.6 Å². The maximum Gasteiger partial charge on any atom is 0.271 e. The van der Waals surface area contributed by atoms with Gasteiger partial charge in [0.2, 0.25) is 0 Å². The predicted octanol–water partition coefficient (Wildman–Crippen LogP) is -0.548.